The topological polar surface area (TPSA) is 317 Å². The Morgan fingerprint density at radius 3 is 1.68 bits per heavy atom. The zero-order valence-corrected chi connectivity index (χ0v) is 23.3. The minimum Gasteiger partial charge on any atom is -0.481 e. The van der Waals surface area contributed by atoms with Gasteiger partial charge in [-0.05, 0) is 50.5 Å². The highest BCUT2D eigenvalue weighted by Gasteiger charge is 2.30. The number of hydrogen-bond acceptors (Lipinski definition) is 9. The average Bonchev–Trinajstić information content (AvgIpc) is 2.87. The molecule has 4 unspecified atom stereocenters. The summed E-state index contributed by atoms with van der Waals surface area (Å²) in [6.45, 7) is 0.403. The number of carboxylic acids is 2. The molecule has 0 bridgehead atoms. The normalized spacial score (nSPS) is 13.6. The molecule has 228 valence electrons. The van der Waals surface area contributed by atoms with Crippen LogP contribution in [0, 0.1) is 0 Å². The van der Waals surface area contributed by atoms with E-state index in [0.29, 0.717) is 12.2 Å². The molecule has 18 heteroatoms. The number of amides is 3. The number of nitrogens with two attached hydrogens (primary N) is 5. The molecular formula is C22H42N10O7S. The minimum absolute atomic E-state index is 0.0272. The molecule has 0 fully saturated rings. The summed E-state index contributed by atoms with van der Waals surface area (Å²) in [5.74, 6) is -4.57. The Kier molecular flexibility index (Phi) is 18.2. The molecule has 0 aromatic heterocycles. The number of thioether (sulfide) groups is 1. The first kappa shape index (κ1) is 36.2. The summed E-state index contributed by atoms with van der Waals surface area (Å²) < 4.78 is 0. The molecule has 0 rings (SSSR count). The van der Waals surface area contributed by atoms with E-state index in [-0.39, 0.29) is 57.1 Å². The summed E-state index contributed by atoms with van der Waals surface area (Å²) in [4.78, 5) is 69.0. The van der Waals surface area contributed by atoms with Gasteiger partial charge in [-0.2, -0.15) is 11.8 Å². The maximum Gasteiger partial charge on any atom is 0.326 e. The fraction of sp³-hybridized carbons (Fsp3) is 0.682. The van der Waals surface area contributed by atoms with E-state index >= 15 is 0 Å². The van der Waals surface area contributed by atoms with Crippen LogP contribution in [0.4, 0.5) is 0 Å². The van der Waals surface area contributed by atoms with E-state index in [1.807, 2.05) is 0 Å². The Morgan fingerprint density at radius 2 is 1.20 bits per heavy atom. The van der Waals surface area contributed by atoms with Gasteiger partial charge in [-0.15, -0.1) is 0 Å². The molecule has 0 spiro atoms. The van der Waals surface area contributed by atoms with Gasteiger partial charge in [0, 0.05) is 19.5 Å². The summed E-state index contributed by atoms with van der Waals surface area (Å²) in [5, 5.41) is 25.9. The van der Waals surface area contributed by atoms with E-state index in [9.17, 15) is 29.1 Å². The number of aliphatic carboxylic acids is 2. The van der Waals surface area contributed by atoms with Gasteiger partial charge in [-0.3, -0.25) is 29.2 Å². The molecule has 0 aliphatic carbocycles. The van der Waals surface area contributed by atoms with Crippen molar-refractivity contribution in [1.29, 1.82) is 0 Å². The molecule has 4 atom stereocenters. The van der Waals surface area contributed by atoms with Crippen LogP contribution in [0.3, 0.4) is 0 Å². The van der Waals surface area contributed by atoms with Crippen LogP contribution in [0.2, 0.25) is 0 Å². The second kappa shape index (κ2) is 20.2. The van der Waals surface area contributed by atoms with E-state index in [1.54, 1.807) is 6.26 Å². The first-order chi connectivity index (χ1) is 18.8. The zero-order valence-electron chi connectivity index (χ0n) is 22.5. The number of nitrogens with zero attached hydrogens (tertiary/aromatic N) is 2. The van der Waals surface area contributed by atoms with Crippen LogP contribution in [0.15, 0.2) is 9.98 Å². The number of hydrogen-bond donors (Lipinski definition) is 10. The lowest BCUT2D eigenvalue weighted by Gasteiger charge is -2.25. The standard InChI is InChI=1S/C22H42N10O7S/c1-40-11-8-14(19(37)32-15(20(38)39)5-3-10-29-22(26)27)31-18(36)13(6-7-16(33)34)30-17(35)12(23)4-2-9-28-21(24)25/h12-15H,2-11,23H2,1H3,(H,30,35)(H,31,36)(H,32,37)(H,33,34)(H,38,39)(H4,24,25,28)(H4,26,27,29). The number of carboxylic acid groups (broad SMARTS) is 2. The van der Waals surface area contributed by atoms with Crippen LogP contribution in [-0.2, 0) is 24.0 Å². The molecule has 0 saturated heterocycles. The van der Waals surface area contributed by atoms with Gasteiger partial charge in [-0.25, -0.2) is 4.79 Å². The SMILES string of the molecule is CSCCC(NC(=O)C(CCC(=O)O)NC(=O)C(N)CCCN=C(N)N)C(=O)NC(CCCN=C(N)N)C(=O)O. The van der Waals surface area contributed by atoms with Gasteiger partial charge in [0.15, 0.2) is 11.9 Å². The quantitative estimate of drug-likeness (QED) is 0.0354. The number of guanidine groups is 2. The number of aliphatic imine (C=N–C) groups is 2. The van der Waals surface area contributed by atoms with Gasteiger partial charge in [0.25, 0.3) is 0 Å². The number of rotatable bonds is 21. The zero-order chi connectivity index (χ0) is 30.7. The first-order valence-electron chi connectivity index (χ1n) is 12.5. The van der Waals surface area contributed by atoms with Gasteiger partial charge >= 0.3 is 11.9 Å². The summed E-state index contributed by atoms with van der Waals surface area (Å²) in [7, 11) is 0. The molecule has 40 heavy (non-hydrogen) atoms. The highest BCUT2D eigenvalue weighted by atomic mass is 32.2. The Morgan fingerprint density at radius 1 is 0.725 bits per heavy atom. The highest BCUT2D eigenvalue weighted by Crippen LogP contribution is 2.07. The first-order valence-corrected chi connectivity index (χ1v) is 13.9. The summed E-state index contributed by atoms with van der Waals surface area (Å²) in [6, 6.07) is -4.76. The predicted octanol–water partition coefficient (Wildman–Crippen LogP) is -3.42. The van der Waals surface area contributed by atoms with Crippen molar-refractivity contribution in [2.75, 3.05) is 25.1 Å². The number of nitrogens with one attached hydrogen (secondary N) is 3. The maximum absolute atomic E-state index is 13.1. The van der Waals surface area contributed by atoms with Gasteiger partial charge in [0.2, 0.25) is 17.7 Å². The lowest BCUT2D eigenvalue weighted by atomic mass is 10.1. The third kappa shape index (κ3) is 16.9. The smallest absolute Gasteiger partial charge is 0.326 e. The lowest BCUT2D eigenvalue weighted by molar-refractivity contribution is -0.142. The highest BCUT2D eigenvalue weighted by molar-refractivity contribution is 7.98. The van der Waals surface area contributed by atoms with Crippen molar-refractivity contribution >= 4 is 53.3 Å². The van der Waals surface area contributed by atoms with E-state index in [2.05, 4.69) is 25.9 Å². The van der Waals surface area contributed by atoms with Gasteiger partial charge in [0.1, 0.15) is 18.1 Å². The van der Waals surface area contributed by atoms with E-state index in [1.165, 1.54) is 11.8 Å². The molecule has 0 aromatic carbocycles. The Hall–Kier alpha value is -3.80. The van der Waals surface area contributed by atoms with E-state index in [4.69, 9.17) is 33.8 Å². The maximum atomic E-state index is 13.1. The summed E-state index contributed by atoms with van der Waals surface area (Å²) in [5.41, 5.74) is 26.9. The van der Waals surface area contributed by atoms with Crippen LogP contribution in [0.25, 0.3) is 0 Å². The van der Waals surface area contributed by atoms with Crippen molar-refractivity contribution in [3.05, 3.63) is 0 Å². The fourth-order valence-electron chi connectivity index (χ4n) is 3.28. The van der Waals surface area contributed by atoms with Crippen molar-refractivity contribution in [2.45, 2.75) is 69.1 Å². The minimum atomic E-state index is -1.31. The van der Waals surface area contributed by atoms with Crippen LogP contribution in [0.5, 0.6) is 0 Å². The Balaban J connectivity index is 5.46. The second-order valence-electron chi connectivity index (χ2n) is 8.74. The largest absolute Gasteiger partial charge is 0.481 e. The van der Waals surface area contributed by atoms with Crippen LogP contribution >= 0.6 is 11.8 Å². The lowest BCUT2D eigenvalue weighted by Crippen LogP contribution is -2.57. The summed E-state index contributed by atoms with van der Waals surface area (Å²) >= 11 is 1.39. The van der Waals surface area contributed by atoms with Gasteiger partial charge < -0.3 is 54.8 Å². The molecule has 0 aromatic rings. The van der Waals surface area contributed by atoms with E-state index in [0.717, 1.165) is 0 Å². The van der Waals surface area contributed by atoms with Crippen LogP contribution in [0.1, 0.15) is 44.9 Å². The Labute approximate surface area is 236 Å². The molecule has 0 radical (unpaired) electrons. The predicted molar refractivity (Wildman–Crippen MR) is 151 cm³/mol. The van der Waals surface area contributed by atoms with E-state index < -0.39 is 60.2 Å². The molecule has 3 amide bonds. The van der Waals surface area contributed by atoms with Crippen molar-refractivity contribution in [1.82, 2.24) is 16.0 Å². The average molecular weight is 591 g/mol. The molecular weight excluding hydrogens is 548 g/mol. The third-order valence-electron chi connectivity index (χ3n) is 5.39. The monoisotopic (exact) mass is 590 g/mol. The number of carbonyl (C=O) groups excluding carboxylic acids is 3. The van der Waals surface area contributed by atoms with Crippen LogP contribution in [-0.4, -0.2) is 101 Å². The molecule has 17 nitrogen and oxygen atoms in total. The summed E-state index contributed by atoms with van der Waals surface area (Å²) in [6.07, 6.45) is 2.07. The molecule has 0 aliphatic heterocycles. The molecule has 0 saturated carbocycles. The van der Waals surface area contributed by atoms with Crippen molar-refractivity contribution in [2.24, 2.45) is 38.7 Å². The second-order valence-corrected chi connectivity index (χ2v) is 9.73. The fourth-order valence-corrected chi connectivity index (χ4v) is 3.75. The molecule has 15 N–H and O–H groups in total. The van der Waals surface area contributed by atoms with Crippen LogP contribution < -0.4 is 44.6 Å². The van der Waals surface area contributed by atoms with Crippen molar-refractivity contribution < 1.29 is 34.2 Å². The van der Waals surface area contributed by atoms with Crippen molar-refractivity contribution in [3.63, 3.8) is 0 Å². The van der Waals surface area contributed by atoms with Gasteiger partial charge in [0.05, 0.1) is 6.04 Å². The number of carbonyl (C=O) groups is 5. The molecule has 0 aliphatic rings. The van der Waals surface area contributed by atoms with Crippen molar-refractivity contribution in [3.8, 4) is 0 Å². The Bertz CT molecular complexity index is 910. The molecule has 0 heterocycles. The van der Waals surface area contributed by atoms with Gasteiger partial charge in [-0.1, -0.05) is 0 Å². The third-order valence-corrected chi connectivity index (χ3v) is 6.03.